The minimum Gasteiger partial charge on any atom is -0.357 e. The molecule has 5 heteroatoms. The van der Waals surface area contributed by atoms with Crippen LogP contribution in [0.1, 0.15) is 12.5 Å². The first-order valence-corrected chi connectivity index (χ1v) is 6.20. The molecule has 0 aliphatic carbocycles. The molecule has 0 saturated heterocycles. The number of nitrogens with zero attached hydrogens (tertiary/aromatic N) is 3. The third-order valence-corrected chi connectivity index (χ3v) is 2.87. The predicted octanol–water partition coefficient (Wildman–Crippen LogP) is 3.12. The van der Waals surface area contributed by atoms with Gasteiger partial charge in [0, 0.05) is 19.3 Å². The molecule has 4 nitrogen and oxygen atoms in total. The van der Waals surface area contributed by atoms with Crippen molar-refractivity contribution in [3.05, 3.63) is 41.8 Å². The molecule has 0 saturated carbocycles. The summed E-state index contributed by atoms with van der Waals surface area (Å²) in [5.74, 6) is 0.258. The van der Waals surface area contributed by atoms with Crippen LogP contribution in [0, 0.1) is 12.7 Å². The Morgan fingerprint density at radius 1 is 1.26 bits per heavy atom. The molecule has 0 atom stereocenters. The number of anilines is 3. The summed E-state index contributed by atoms with van der Waals surface area (Å²) < 4.78 is 13.9. The minimum absolute atomic E-state index is 0.283. The molecule has 1 heterocycles. The van der Waals surface area contributed by atoms with Crippen LogP contribution < -0.4 is 10.2 Å². The number of benzene rings is 1. The lowest BCUT2D eigenvalue weighted by atomic mass is 10.2. The van der Waals surface area contributed by atoms with Crippen LogP contribution in [0.15, 0.2) is 30.5 Å². The van der Waals surface area contributed by atoms with Crippen molar-refractivity contribution < 1.29 is 4.39 Å². The molecule has 0 bridgehead atoms. The molecular formula is C14H17FN4. The third kappa shape index (κ3) is 2.81. The van der Waals surface area contributed by atoms with Gasteiger partial charge in [0.2, 0.25) is 5.95 Å². The number of hydrogen-bond donors (Lipinski definition) is 1. The Balaban J connectivity index is 2.44. The fraction of sp³-hybridized carbons (Fsp3) is 0.286. The highest BCUT2D eigenvalue weighted by Gasteiger charge is 2.15. The molecule has 0 aliphatic rings. The Kier molecular flexibility index (Phi) is 3.94. The van der Waals surface area contributed by atoms with Gasteiger partial charge in [0.15, 0.2) is 11.6 Å². The van der Waals surface area contributed by atoms with E-state index < -0.39 is 5.82 Å². The lowest BCUT2D eigenvalue weighted by Crippen LogP contribution is -2.19. The standard InChI is InChI=1S/C14H17FN4/c1-4-19(11-7-5-10(2)6-8-11)13-12(15)9-17-14(16-3)18-13/h5-9H,4H2,1-3H3,(H,16,17,18). The number of aryl methyl sites for hydroxylation is 1. The Labute approximate surface area is 112 Å². The Hall–Kier alpha value is -2.17. The number of rotatable bonds is 4. The highest BCUT2D eigenvalue weighted by molar-refractivity contribution is 5.61. The summed E-state index contributed by atoms with van der Waals surface area (Å²) in [6, 6.07) is 7.91. The summed E-state index contributed by atoms with van der Waals surface area (Å²) in [6.07, 6.45) is 1.19. The van der Waals surface area contributed by atoms with Gasteiger partial charge in [-0.25, -0.2) is 9.37 Å². The van der Waals surface area contributed by atoms with E-state index in [1.807, 2.05) is 43.0 Å². The van der Waals surface area contributed by atoms with E-state index >= 15 is 0 Å². The van der Waals surface area contributed by atoms with Crippen LogP contribution in [0.3, 0.4) is 0 Å². The Bertz CT molecular complexity index is 554. The first-order chi connectivity index (χ1) is 9.15. The Morgan fingerprint density at radius 2 is 1.95 bits per heavy atom. The number of halogens is 1. The molecule has 1 aromatic carbocycles. The van der Waals surface area contributed by atoms with Crippen molar-refractivity contribution in [2.45, 2.75) is 13.8 Å². The summed E-state index contributed by atoms with van der Waals surface area (Å²) in [5.41, 5.74) is 2.08. The molecular weight excluding hydrogens is 243 g/mol. The monoisotopic (exact) mass is 260 g/mol. The van der Waals surface area contributed by atoms with Crippen LogP contribution in [0.25, 0.3) is 0 Å². The zero-order chi connectivity index (χ0) is 13.8. The molecule has 1 N–H and O–H groups in total. The molecule has 0 amide bonds. The van der Waals surface area contributed by atoms with Gasteiger partial charge in [0.05, 0.1) is 6.20 Å². The molecule has 1 aromatic heterocycles. The first-order valence-electron chi connectivity index (χ1n) is 6.20. The molecule has 0 aliphatic heterocycles. The molecule has 0 unspecified atom stereocenters. The van der Waals surface area contributed by atoms with Crippen molar-refractivity contribution in [3.63, 3.8) is 0 Å². The van der Waals surface area contributed by atoms with Gasteiger partial charge in [-0.15, -0.1) is 0 Å². The van der Waals surface area contributed by atoms with Crippen LogP contribution in [-0.2, 0) is 0 Å². The van der Waals surface area contributed by atoms with Crippen LogP contribution >= 0.6 is 0 Å². The molecule has 0 radical (unpaired) electrons. The van der Waals surface area contributed by atoms with E-state index in [0.29, 0.717) is 12.5 Å². The largest absolute Gasteiger partial charge is 0.357 e. The van der Waals surface area contributed by atoms with Gasteiger partial charge < -0.3 is 10.2 Å². The molecule has 2 aromatic rings. The topological polar surface area (TPSA) is 41.1 Å². The van der Waals surface area contributed by atoms with E-state index in [1.54, 1.807) is 7.05 Å². The second-order valence-corrected chi connectivity index (χ2v) is 4.19. The molecule has 0 spiro atoms. The lowest BCUT2D eigenvalue weighted by Gasteiger charge is -2.22. The molecule has 19 heavy (non-hydrogen) atoms. The van der Waals surface area contributed by atoms with Gasteiger partial charge in [0.1, 0.15) is 0 Å². The quantitative estimate of drug-likeness (QED) is 0.917. The number of nitrogens with one attached hydrogen (secondary N) is 1. The maximum Gasteiger partial charge on any atom is 0.224 e. The molecule has 2 rings (SSSR count). The lowest BCUT2D eigenvalue weighted by molar-refractivity contribution is 0.612. The average Bonchev–Trinajstić information content (AvgIpc) is 2.43. The summed E-state index contributed by atoms with van der Waals surface area (Å²) in [5, 5.41) is 2.82. The SMILES string of the molecule is CCN(c1ccc(C)cc1)c1nc(NC)ncc1F. The third-order valence-electron chi connectivity index (χ3n) is 2.87. The smallest absolute Gasteiger partial charge is 0.224 e. The van der Waals surface area contributed by atoms with E-state index in [9.17, 15) is 4.39 Å². The summed E-state index contributed by atoms with van der Waals surface area (Å²) in [4.78, 5) is 9.86. The van der Waals surface area contributed by atoms with Crippen molar-refractivity contribution in [2.24, 2.45) is 0 Å². The van der Waals surface area contributed by atoms with E-state index in [1.165, 1.54) is 11.8 Å². The maximum absolute atomic E-state index is 13.9. The van der Waals surface area contributed by atoms with Crippen LogP contribution in [-0.4, -0.2) is 23.6 Å². The van der Waals surface area contributed by atoms with E-state index in [4.69, 9.17) is 0 Å². The summed E-state index contributed by atoms with van der Waals surface area (Å²) in [6.45, 7) is 4.60. The fourth-order valence-corrected chi connectivity index (χ4v) is 1.85. The second kappa shape index (κ2) is 5.65. The minimum atomic E-state index is -0.429. The maximum atomic E-state index is 13.9. The van der Waals surface area contributed by atoms with E-state index in [-0.39, 0.29) is 5.82 Å². The van der Waals surface area contributed by atoms with Gasteiger partial charge in [-0.05, 0) is 26.0 Å². The number of hydrogen-bond acceptors (Lipinski definition) is 4. The average molecular weight is 260 g/mol. The zero-order valence-corrected chi connectivity index (χ0v) is 11.3. The van der Waals surface area contributed by atoms with E-state index in [0.717, 1.165) is 5.69 Å². The zero-order valence-electron chi connectivity index (χ0n) is 11.3. The van der Waals surface area contributed by atoms with Gasteiger partial charge in [-0.1, -0.05) is 17.7 Å². The van der Waals surface area contributed by atoms with Crippen LogP contribution in [0.4, 0.5) is 21.8 Å². The molecule has 0 fully saturated rings. The van der Waals surface area contributed by atoms with Crippen molar-refractivity contribution in [3.8, 4) is 0 Å². The highest BCUT2D eigenvalue weighted by Crippen LogP contribution is 2.26. The normalized spacial score (nSPS) is 10.3. The van der Waals surface area contributed by atoms with Crippen molar-refractivity contribution in [1.82, 2.24) is 9.97 Å². The highest BCUT2D eigenvalue weighted by atomic mass is 19.1. The van der Waals surface area contributed by atoms with Crippen LogP contribution in [0.5, 0.6) is 0 Å². The predicted molar refractivity (Wildman–Crippen MR) is 75.4 cm³/mol. The van der Waals surface area contributed by atoms with Gasteiger partial charge in [-0.3, -0.25) is 0 Å². The van der Waals surface area contributed by atoms with Crippen LogP contribution in [0.2, 0.25) is 0 Å². The first kappa shape index (κ1) is 13.3. The fourth-order valence-electron chi connectivity index (χ4n) is 1.85. The number of aromatic nitrogens is 2. The van der Waals surface area contributed by atoms with Crippen molar-refractivity contribution >= 4 is 17.5 Å². The Morgan fingerprint density at radius 3 is 2.53 bits per heavy atom. The summed E-state index contributed by atoms with van der Waals surface area (Å²) in [7, 11) is 1.71. The van der Waals surface area contributed by atoms with Gasteiger partial charge in [-0.2, -0.15) is 4.98 Å². The van der Waals surface area contributed by atoms with E-state index in [2.05, 4.69) is 15.3 Å². The second-order valence-electron chi connectivity index (χ2n) is 4.19. The van der Waals surface area contributed by atoms with Gasteiger partial charge in [0.25, 0.3) is 0 Å². The molecule has 100 valence electrons. The van der Waals surface area contributed by atoms with Crippen molar-refractivity contribution in [2.75, 3.05) is 23.8 Å². The summed E-state index contributed by atoms with van der Waals surface area (Å²) >= 11 is 0. The van der Waals surface area contributed by atoms with Crippen molar-refractivity contribution in [1.29, 1.82) is 0 Å². The van der Waals surface area contributed by atoms with Gasteiger partial charge >= 0.3 is 0 Å².